The number of aryl methyl sites for hydroxylation is 1. The maximum absolute atomic E-state index is 13.0. The van der Waals surface area contributed by atoms with E-state index in [9.17, 15) is 8.42 Å². The van der Waals surface area contributed by atoms with Crippen LogP contribution in [0.3, 0.4) is 0 Å². The van der Waals surface area contributed by atoms with Crippen molar-refractivity contribution in [1.82, 2.24) is 24.5 Å². The summed E-state index contributed by atoms with van der Waals surface area (Å²) in [5.74, 6) is 1.91. The maximum Gasteiger partial charge on any atom is 0.265 e. The van der Waals surface area contributed by atoms with Crippen LogP contribution in [0.15, 0.2) is 60.0 Å². The van der Waals surface area contributed by atoms with Crippen molar-refractivity contribution in [1.29, 1.82) is 0 Å². The predicted molar refractivity (Wildman–Crippen MR) is 114 cm³/mol. The van der Waals surface area contributed by atoms with Crippen LogP contribution < -0.4 is 4.72 Å². The number of para-hydroxylation sites is 1. The van der Waals surface area contributed by atoms with Gasteiger partial charge in [-0.15, -0.1) is 0 Å². The van der Waals surface area contributed by atoms with Crippen LogP contribution in [0.1, 0.15) is 31.2 Å². The molecule has 30 heavy (non-hydrogen) atoms. The Balaban J connectivity index is 1.43. The molecule has 1 aliphatic rings. The Kier molecular flexibility index (Phi) is 4.35. The molecular formula is C21H22N6O2S. The quantitative estimate of drug-likeness (QED) is 0.531. The molecule has 5 rings (SSSR count). The standard InChI is InChI=1S/C21H22N6O2S/c1-14-8-17(9-14)15-6-7-22-20(10-15)27-13-18(12-24-27)30(28,29)25-19-5-3-4-16-11-23-26(2)21(16)19/h3-7,10-14,17,25H,8-9H2,1-2H3. The Morgan fingerprint density at radius 3 is 2.77 bits per heavy atom. The fourth-order valence-electron chi connectivity index (χ4n) is 4.08. The zero-order chi connectivity index (χ0) is 20.9. The number of benzene rings is 1. The lowest BCUT2D eigenvalue weighted by atomic mass is 9.73. The summed E-state index contributed by atoms with van der Waals surface area (Å²) in [7, 11) is -2.04. The molecule has 1 aromatic carbocycles. The number of rotatable bonds is 5. The van der Waals surface area contributed by atoms with Crippen LogP contribution in [-0.2, 0) is 17.1 Å². The van der Waals surface area contributed by atoms with Crippen LogP contribution in [-0.4, -0.2) is 33.0 Å². The summed E-state index contributed by atoms with van der Waals surface area (Å²) in [6.07, 6.45) is 8.63. The van der Waals surface area contributed by atoms with Crippen molar-refractivity contribution in [3.8, 4) is 5.82 Å². The van der Waals surface area contributed by atoms with Crippen molar-refractivity contribution in [3.05, 3.63) is 60.7 Å². The Morgan fingerprint density at radius 1 is 1.13 bits per heavy atom. The molecule has 3 aromatic heterocycles. The molecule has 0 unspecified atom stereocenters. The summed E-state index contributed by atoms with van der Waals surface area (Å²) in [4.78, 5) is 4.44. The fraction of sp³-hybridized carbons (Fsp3) is 0.286. The molecule has 0 saturated heterocycles. The topological polar surface area (TPSA) is 94.7 Å². The number of anilines is 1. The van der Waals surface area contributed by atoms with Crippen LogP contribution >= 0.6 is 0 Å². The van der Waals surface area contributed by atoms with E-state index in [4.69, 9.17) is 0 Å². The maximum atomic E-state index is 13.0. The van der Waals surface area contributed by atoms with E-state index in [-0.39, 0.29) is 4.90 Å². The highest BCUT2D eigenvalue weighted by Gasteiger charge is 2.27. The summed E-state index contributed by atoms with van der Waals surface area (Å²) in [5.41, 5.74) is 2.41. The summed E-state index contributed by atoms with van der Waals surface area (Å²) >= 11 is 0. The van der Waals surface area contributed by atoms with E-state index in [1.54, 1.807) is 36.3 Å². The van der Waals surface area contributed by atoms with Gasteiger partial charge in [-0.2, -0.15) is 10.2 Å². The summed E-state index contributed by atoms with van der Waals surface area (Å²) < 4.78 is 31.8. The van der Waals surface area contributed by atoms with Crippen molar-refractivity contribution < 1.29 is 8.42 Å². The molecule has 0 aliphatic heterocycles. The van der Waals surface area contributed by atoms with Gasteiger partial charge in [0.1, 0.15) is 4.90 Å². The van der Waals surface area contributed by atoms with E-state index in [0.717, 1.165) is 16.8 Å². The third-order valence-corrected chi connectivity index (χ3v) is 7.04. The first kappa shape index (κ1) is 18.8. The van der Waals surface area contributed by atoms with Crippen LogP contribution in [0.4, 0.5) is 5.69 Å². The van der Waals surface area contributed by atoms with Crippen LogP contribution in [0.2, 0.25) is 0 Å². The van der Waals surface area contributed by atoms with E-state index >= 15 is 0 Å². The molecule has 1 aliphatic carbocycles. The van der Waals surface area contributed by atoms with Gasteiger partial charge in [0.05, 0.1) is 29.8 Å². The smallest absolute Gasteiger partial charge is 0.265 e. The first-order chi connectivity index (χ1) is 14.4. The highest BCUT2D eigenvalue weighted by molar-refractivity contribution is 7.92. The van der Waals surface area contributed by atoms with E-state index in [2.05, 4.69) is 26.8 Å². The molecule has 0 atom stereocenters. The van der Waals surface area contributed by atoms with Gasteiger partial charge >= 0.3 is 0 Å². The fourth-order valence-corrected chi connectivity index (χ4v) is 5.07. The zero-order valence-corrected chi connectivity index (χ0v) is 17.5. The van der Waals surface area contributed by atoms with E-state index in [1.807, 2.05) is 18.2 Å². The second-order valence-corrected chi connectivity index (χ2v) is 9.64. The van der Waals surface area contributed by atoms with Gasteiger partial charge in [-0.05, 0) is 48.4 Å². The van der Waals surface area contributed by atoms with Gasteiger partial charge in [0.15, 0.2) is 5.82 Å². The lowest BCUT2D eigenvalue weighted by molar-refractivity contribution is 0.288. The lowest BCUT2D eigenvalue weighted by Gasteiger charge is -2.33. The Labute approximate surface area is 174 Å². The predicted octanol–water partition coefficient (Wildman–Crippen LogP) is 3.47. The SMILES string of the molecule is CC1CC(c2ccnc(-n3cc(S(=O)(=O)Nc4cccc5cnn(C)c45)cn3)c2)C1. The number of sulfonamides is 1. The normalized spacial score (nSPS) is 19.0. The highest BCUT2D eigenvalue weighted by Crippen LogP contribution is 2.41. The third-order valence-electron chi connectivity index (χ3n) is 5.72. The largest absolute Gasteiger partial charge is 0.277 e. The summed E-state index contributed by atoms with van der Waals surface area (Å²) in [5, 5.41) is 9.30. The Hall–Kier alpha value is -3.20. The molecule has 0 spiro atoms. The van der Waals surface area contributed by atoms with Gasteiger partial charge in [-0.3, -0.25) is 9.40 Å². The molecule has 0 amide bonds. The number of pyridine rings is 1. The number of nitrogens with one attached hydrogen (secondary N) is 1. The molecule has 0 bridgehead atoms. The molecule has 9 heteroatoms. The Morgan fingerprint density at radius 2 is 1.97 bits per heavy atom. The minimum Gasteiger partial charge on any atom is -0.277 e. The van der Waals surface area contributed by atoms with Gasteiger partial charge in [0.2, 0.25) is 0 Å². The average Bonchev–Trinajstić information content (AvgIpc) is 3.34. The first-order valence-electron chi connectivity index (χ1n) is 9.85. The second kappa shape index (κ2) is 6.94. The minimum absolute atomic E-state index is 0.0751. The van der Waals surface area contributed by atoms with E-state index in [0.29, 0.717) is 17.4 Å². The Bertz CT molecular complexity index is 1330. The minimum atomic E-state index is -3.82. The third kappa shape index (κ3) is 3.24. The van der Waals surface area contributed by atoms with Crippen molar-refractivity contribution in [2.75, 3.05) is 4.72 Å². The molecule has 154 valence electrons. The summed E-state index contributed by atoms with van der Waals surface area (Å²) in [6, 6.07) is 9.42. The van der Waals surface area contributed by atoms with E-state index < -0.39 is 10.0 Å². The van der Waals surface area contributed by atoms with E-state index in [1.165, 1.54) is 35.5 Å². The van der Waals surface area contributed by atoms with Gasteiger partial charge in [-0.1, -0.05) is 19.1 Å². The first-order valence-corrected chi connectivity index (χ1v) is 11.3. The number of nitrogens with zero attached hydrogens (tertiary/aromatic N) is 5. The molecule has 3 heterocycles. The van der Waals surface area contributed by atoms with Gasteiger partial charge in [0, 0.05) is 18.6 Å². The van der Waals surface area contributed by atoms with Crippen LogP contribution in [0.25, 0.3) is 16.7 Å². The van der Waals surface area contributed by atoms with Gasteiger partial charge in [-0.25, -0.2) is 18.1 Å². The van der Waals surface area contributed by atoms with Crippen molar-refractivity contribution >= 4 is 26.6 Å². The zero-order valence-electron chi connectivity index (χ0n) is 16.7. The molecule has 0 radical (unpaired) electrons. The average molecular weight is 423 g/mol. The van der Waals surface area contributed by atoms with Crippen LogP contribution in [0.5, 0.6) is 0 Å². The molecule has 1 fully saturated rings. The molecule has 8 nitrogen and oxygen atoms in total. The second-order valence-electron chi connectivity index (χ2n) is 7.96. The molecule has 4 aromatic rings. The monoisotopic (exact) mass is 422 g/mol. The van der Waals surface area contributed by atoms with Gasteiger partial charge < -0.3 is 0 Å². The van der Waals surface area contributed by atoms with Crippen molar-refractivity contribution in [3.63, 3.8) is 0 Å². The highest BCUT2D eigenvalue weighted by atomic mass is 32.2. The van der Waals surface area contributed by atoms with Crippen molar-refractivity contribution in [2.24, 2.45) is 13.0 Å². The summed E-state index contributed by atoms with van der Waals surface area (Å²) in [6.45, 7) is 2.25. The molecular weight excluding hydrogens is 400 g/mol. The number of hydrogen-bond donors (Lipinski definition) is 1. The number of hydrogen-bond acceptors (Lipinski definition) is 5. The lowest BCUT2D eigenvalue weighted by Crippen LogP contribution is -2.19. The number of fused-ring (bicyclic) bond motifs is 1. The van der Waals surface area contributed by atoms with Crippen LogP contribution in [0, 0.1) is 5.92 Å². The van der Waals surface area contributed by atoms with Crippen molar-refractivity contribution in [2.45, 2.75) is 30.6 Å². The van der Waals surface area contributed by atoms with Gasteiger partial charge in [0.25, 0.3) is 10.0 Å². The molecule has 1 N–H and O–H groups in total. The molecule has 1 saturated carbocycles. The number of aromatic nitrogens is 5.